The maximum atomic E-state index is 12.3. The largest absolute Gasteiger partial charge is 0.375 e. The molecule has 0 aromatic carbocycles. The number of halogens is 1. The van der Waals surface area contributed by atoms with Crippen LogP contribution in [0.25, 0.3) is 0 Å². The van der Waals surface area contributed by atoms with Crippen molar-refractivity contribution >= 4 is 26.0 Å². The van der Waals surface area contributed by atoms with Crippen LogP contribution in [-0.4, -0.2) is 54.1 Å². The summed E-state index contributed by atoms with van der Waals surface area (Å²) in [5.41, 5.74) is 0.562. The quantitative estimate of drug-likeness (QED) is 0.822. The summed E-state index contributed by atoms with van der Waals surface area (Å²) >= 11 is 3.30. The summed E-state index contributed by atoms with van der Waals surface area (Å²) < 4.78 is 31.5. The fourth-order valence-corrected chi connectivity index (χ4v) is 3.71. The van der Waals surface area contributed by atoms with Crippen LogP contribution in [0.4, 0.5) is 0 Å². The van der Waals surface area contributed by atoms with Gasteiger partial charge in [-0.05, 0) is 6.92 Å². The molecule has 0 spiro atoms. The Hall–Kier alpha value is -0.440. The van der Waals surface area contributed by atoms with Crippen molar-refractivity contribution in [3.05, 3.63) is 11.9 Å². The van der Waals surface area contributed by atoms with Gasteiger partial charge in [0, 0.05) is 18.4 Å². The Bertz CT molecular complexity index is 487. The number of aromatic amines is 1. The summed E-state index contributed by atoms with van der Waals surface area (Å²) in [5.74, 6) is 0. The molecule has 1 saturated heterocycles. The Morgan fingerprint density at radius 2 is 2.47 bits per heavy atom. The molecule has 6 nitrogen and oxygen atoms in total. The van der Waals surface area contributed by atoms with Crippen molar-refractivity contribution in [2.45, 2.75) is 17.9 Å². The first kappa shape index (κ1) is 13.0. The first-order valence-corrected chi connectivity index (χ1v) is 7.79. The normalized spacial score (nSPS) is 22.8. The van der Waals surface area contributed by atoms with Crippen molar-refractivity contribution in [3.63, 3.8) is 0 Å². The standard InChI is InChI=1S/C9H14BrN3O3S/c1-7-9(5-11-12-7)17(14,15)13-2-3-16-8(4-10)6-13/h5,8H,2-4,6H2,1H3,(H,11,12). The summed E-state index contributed by atoms with van der Waals surface area (Å²) in [5, 5.41) is 7.02. The Labute approximate surface area is 109 Å². The van der Waals surface area contributed by atoms with Crippen molar-refractivity contribution in [2.75, 3.05) is 25.0 Å². The highest BCUT2D eigenvalue weighted by atomic mass is 79.9. The van der Waals surface area contributed by atoms with Crippen LogP contribution in [0.2, 0.25) is 0 Å². The minimum atomic E-state index is -3.45. The lowest BCUT2D eigenvalue weighted by molar-refractivity contribution is 0.0136. The first-order valence-electron chi connectivity index (χ1n) is 5.23. The van der Waals surface area contributed by atoms with Gasteiger partial charge in [-0.1, -0.05) is 15.9 Å². The lowest BCUT2D eigenvalue weighted by Crippen LogP contribution is -2.46. The maximum absolute atomic E-state index is 12.3. The van der Waals surface area contributed by atoms with Crippen LogP contribution in [0, 0.1) is 6.92 Å². The van der Waals surface area contributed by atoms with Gasteiger partial charge in [0.2, 0.25) is 10.0 Å². The van der Waals surface area contributed by atoms with Gasteiger partial charge in [0.15, 0.2) is 0 Å². The summed E-state index contributed by atoms with van der Waals surface area (Å²) in [4.78, 5) is 0.243. The number of nitrogens with one attached hydrogen (secondary N) is 1. The molecule has 0 aliphatic carbocycles. The number of morpholine rings is 1. The lowest BCUT2D eigenvalue weighted by atomic mass is 10.3. The molecular formula is C9H14BrN3O3S. The van der Waals surface area contributed by atoms with E-state index in [0.29, 0.717) is 30.7 Å². The van der Waals surface area contributed by atoms with E-state index in [0.717, 1.165) is 0 Å². The van der Waals surface area contributed by atoms with Crippen molar-refractivity contribution in [1.82, 2.24) is 14.5 Å². The molecule has 0 amide bonds. The van der Waals surface area contributed by atoms with Crippen LogP contribution in [0.3, 0.4) is 0 Å². The number of rotatable bonds is 3. The summed E-state index contributed by atoms with van der Waals surface area (Å²) in [6, 6.07) is 0. The highest BCUT2D eigenvalue weighted by molar-refractivity contribution is 9.09. The fraction of sp³-hybridized carbons (Fsp3) is 0.667. The Balaban J connectivity index is 2.24. The van der Waals surface area contributed by atoms with E-state index in [1.807, 2.05) is 0 Å². The number of aromatic nitrogens is 2. The van der Waals surface area contributed by atoms with Gasteiger partial charge in [-0.2, -0.15) is 9.40 Å². The van der Waals surface area contributed by atoms with Crippen LogP contribution in [0.1, 0.15) is 5.69 Å². The van der Waals surface area contributed by atoms with Crippen molar-refractivity contribution < 1.29 is 13.2 Å². The van der Waals surface area contributed by atoms with Gasteiger partial charge in [0.05, 0.1) is 24.6 Å². The molecule has 8 heteroatoms. The van der Waals surface area contributed by atoms with E-state index in [9.17, 15) is 8.42 Å². The van der Waals surface area contributed by atoms with Crippen LogP contribution in [-0.2, 0) is 14.8 Å². The average Bonchev–Trinajstić information content (AvgIpc) is 2.76. The van der Waals surface area contributed by atoms with Crippen molar-refractivity contribution in [2.24, 2.45) is 0 Å². The second-order valence-corrected chi connectivity index (χ2v) is 6.42. The molecule has 1 atom stereocenters. The minimum absolute atomic E-state index is 0.0919. The monoisotopic (exact) mass is 323 g/mol. The lowest BCUT2D eigenvalue weighted by Gasteiger charge is -2.31. The number of alkyl halides is 1. The maximum Gasteiger partial charge on any atom is 0.246 e. The minimum Gasteiger partial charge on any atom is -0.375 e. The summed E-state index contributed by atoms with van der Waals surface area (Å²) in [6.07, 6.45) is 1.26. The molecule has 0 saturated carbocycles. The van der Waals surface area contributed by atoms with Gasteiger partial charge in [-0.25, -0.2) is 8.42 Å². The van der Waals surface area contributed by atoms with Gasteiger partial charge in [0.25, 0.3) is 0 Å². The van der Waals surface area contributed by atoms with Gasteiger partial charge in [0.1, 0.15) is 4.90 Å². The van der Waals surface area contributed by atoms with Gasteiger partial charge in [-0.15, -0.1) is 0 Å². The number of ether oxygens (including phenoxy) is 1. The number of nitrogens with zero attached hydrogens (tertiary/aromatic N) is 2. The molecular weight excluding hydrogens is 310 g/mol. The molecule has 1 unspecified atom stereocenters. The Morgan fingerprint density at radius 3 is 3.06 bits per heavy atom. The number of hydrogen-bond acceptors (Lipinski definition) is 4. The average molecular weight is 324 g/mol. The van der Waals surface area contributed by atoms with E-state index in [4.69, 9.17) is 4.74 Å². The third kappa shape index (κ3) is 2.54. The van der Waals surface area contributed by atoms with Crippen LogP contribution >= 0.6 is 15.9 Å². The second-order valence-electron chi connectivity index (χ2n) is 3.87. The molecule has 1 N–H and O–H groups in total. The summed E-state index contributed by atoms with van der Waals surface area (Å²) in [6.45, 7) is 2.88. The van der Waals surface area contributed by atoms with E-state index in [-0.39, 0.29) is 11.0 Å². The zero-order valence-corrected chi connectivity index (χ0v) is 11.8. The van der Waals surface area contributed by atoms with E-state index in [1.165, 1.54) is 10.5 Å². The SMILES string of the molecule is Cc1[nH]ncc1S(=O)(=O)N1CCOC(CBr)C1. The molecule has 0 bridgehead atoms. The van der Waals surface area contributed by atoms with E-state index < -0.39 is 10.0 Å². The number of sulfonamides is 1. The second kappa shape index (κ2) is 5.05. The number of H-pyrrole nitrogens is 1. The van der Waals surface area contributed by atoms with Crippen molar-refractivity contribution in [3.8, 4) is 0 Å². The van der Waals surface area contributed by atoms with E-state index in [1.54, 1.807) is 6.92 Å². The fourth-order valence-electron chi connectivity index (χ4n) is 1.74. The molecule has 1 fully saturated rings. The van der Waals surface area contributed by atoms with Gasteiger partial charge in [-0.3, -0.25) is 5.10 Å². The third-order valence-electron chi connectivity index (χ3n) is 2.68. The molecule has 2 heterocycles. The van der Waals surface area contributed by atoms with Crippen LogP contribution < -0.4 is 0 Å². The predicted molar refractivity (Wildman–Crippen MR) is 65.6 cm³/mol. The first-order chi connectivity index (χ1) is 8.05. The molecule has 2 rings (SSSR count). The molecule has 96 valence electrons. The summed E-state index contributed by atoms with van der Waals surface area (Å²) in [7, 11) is -3.45. The highest BCUT2D eigenvalue weighted by Gasteiger charge is 2.32. The predicted octanol–water partition coefficient (Wildman–Crippen LogP) is 0.503. The van der Waals surface area contributed by atoms with Crippen LogP contribution in [0.5, 0.6) is 0 Å². The molecule has 0 radical (unpaired) electrons. The third-order valence-corrected chi connectivity index (χ3v) is 5.38. The molecule has 17 heavy (non-hydrogen) atoms. The highest BCUT2D eigenvalue weighted by Crippen LogP contribution is 2.20. The molecule has 1 aliphatic heterocycles. The molecule has 1 aromatic heterocycles. The van der Waals surface area contributed by atoms with Crippen LogP contribution in [0.15, 0.2) is 11.1 Å². The Kier molecular flexibility index (Phi) is 3.86. The number of hydrogen-bond donors (Lipinski definition) is 1. The van der Waals surface area contributed by atoms with Crippen molar-refractivity contribution in [1.29, 1.82) is 0 Å². The smallest absolute Gasteiger partial charge is 0.246 e. The zero-order chi connectivity index (χ0) is 12.5. The number of aryl methyl sites for hydroxylation is 1. The van der Waals surface area contributed by atoms with Gasteiger partial charge >= 0.3 is 0 Å². The zero-order valence-electron chi connectivity index (χ0n) is 9.39. The topological polar surface area (TPSA) is 75.3 Å². The Morgan fingerprint density at radius 1 is 1.71 bits per heavy atom. The molecule has 1 aromatic rings. The van der Waals surface area contributed by atoms with E-state index in [2.05, 4.69) is 26.1 Å². The van der Waals surface area contributed by atoms with E-state index >= 15 is 0 Å². The van der Waals surface area contributed by atoms with Gasteiger partial charge < -0.3 is 4.74 Å². The molecule has 1 aliphatic rings.